The van der Waals surface area contributed by atoms with E-state index in [0.717, 1.165) is 21.5 Å². The van der Waals surface area contributed by atoms with Crippen molar-refractivity contribution in [2.45, 2.75) is 20.4 Å². The molecular weight excluding hydrogens is 354 g/mol. The van der Waals surface area contributed by atoms with Crippen LogP contribution in [0.1, 0.15) is 18.1 Å². The minimum Gasteiger partial charge on any atom is -0.490 e. The second-order valence-electron chi connectivity index (χ2n) is 5.02. The van der Waals surface area contributed by atoms with Crippen LogP contribution in [0, 0.1) is 19.3 Å². The molecule has 2 rings (SSSR count). The second kappa shape index (κ2) is 8.50. The summed E-state index contributed by atoms with van der Waals surface area (Å²) in [6.07, 6.45) is 5.24. The fraction of sp³-hybridized carbons (Fsp3) is 0.263. The van der Waals surface area contributed by atoms with Crippen LogP contribution in [0.4, 0.5) is 5.69 Å². The Balaban J connectivity index is 2.10. The first-order chi connectivity index (χ1) is 11.1. The number of rotatable bonds is 7. The number of terminal acetylenes is 1. The maximum atomic E-state index is 5.64. The number of halogens is 1. The van der Waals surface area contributed by atoms with Crippen LogP contribution in [0.3, 0.4) is 0 Å². The molecule has 0 aliphatic rings. The van der Waals surface area contributed by atoms with Gasteiger partial charge >= 0.3 is 0 Å². The number of nitrogens with one attached hydrogen (secondary N) is 1. The van der Waals surface area contributed by atoms with Gasteiger partial charge in [0, 0.05) is 16.7 Å². The zero-order valence-electron chi connectivity index (χ0n) is 13.4. The summed E-state index contributed by atoms with van der Waals surface area (Å²) < 4.78 is 12.2. The Hall–Kier alpha value is -2.12. The van der Waals surface area contributed by atoms with Crippen molar-refractivity contribution < 1.29 is 9.47 Å². The predicted octanol–water partition coefficient (Wildman–Crippen LogP) is 4.78. The minimum atomic E-state index is 0.232. The van der Waals surface area contributed by atoms with Crippen LogP contribution >= 0.6 is 15.9 Å². The monoisotopic (exact) mass is 373 g/mol. The Bertz CT molecular complexity index is 707. The number of ether oxygens (including phenoxy) is 2. The van der Waals surface area contributed by atoms with Gasteiger partial charge in [0.1, 0.15) is 6.61 Å². The molecule has 3 nitrogen and oxygen atoms in total. The highest BCUT2D eigenvalue weighted by Gasteiger charge is 2.07. The van der Waals surface area contributed by atoms with Crippen LogP contribution < -0.4 is 14.8 Å². The van der Waals surface area contributed by atoms with Crippen molar-refractivity contribution in [2.24, 2.45) is 0 Å². The highest BCUT2D eigenvalue weighted by atomic mass is 79.9. The first-order valence-corrected chi connectivity index (χ1v) is 8.25. The standard InChI is InChI=1S/C19H20BrNO2/c1-4-10-23-18-9-6-15(12-19(18)22-5-2)13-21-17-8-7-16(20)11-14(17)3/h1,6-9,11-12,21H,5,10,13H2,2-3H3. The lowest BCUT2D eigenvalue weighted by Gasteiger charge is -2.14. The van der Waals surface area contributed by atoms with E-state index in [1.165, 1.54) is 5.56 Å². The van der Waals surface area contributed by atoms with E-state index < -0.39 is 0 Å². The van der Waals surface area contributed by atoms with Gasteiger partial charge in [-0.1, -0.05) is 27.9 Å². The quantitative estimate of drug-likeness (QED) is 0.708. The molecule has 0 atom stereocenters. The summed E-state index contributed by atoms with van der Waals surface area (Å²) in [7, 11) is 0. The molecule has 0 aliphatic carbocycles. The molecule has 0 spiro atoms. The molecule has 0 fully saturated rings. The molecule has 2 aromatic carbocycles. The van der Waals surface area contributed by atoms with E-state index in [2.05, 4.69) is 46.2 Å². The number of hydrogen-bond donors (Lipinski definition) is 1. The summed E-state index contributed by atoms with van der Waals surface area (Å²) in [6.45, 7) is 5.54. The molecule has 2 aromatic rings. The second-order valence-corrected chi connectivity index (χ2v) is 5.94. The molecular formula is C19H20BrNO2. The van der Waals surface area contributed by atoms with Gasteiger partial charge in [-0.2, -0.15) is 0 Å². The molecule has 0 amide bonds. The number of aryl methyl sites for hydroxylation is 1. The summed E-state index contributed by atoms with van der Waals surface area (Å²) in [4.78, 5) is 0. The summed E-state index contributed by atoms with van der Waals surface area (Å²) in [5.74, 6) is 3.86. The molecule has 23 heavy (non-hydrogen) atoms. The third-order valence-electron chi connectivity index (χ3n) is 3.29. The molecule has 0 saturated carbocycles. The van der Waals surface area contributed by atoms with Gasteiger partial charge in [0.25, 0.3) is 0 Å². The lowest BCUT2D eigenvalue weighted by molar-refractivity contribution is 0.299. The van der Waals surface area contributed by atoms with Crippen molar-refractivity contribution in [1.82, 2.24) is 0 Å². The summed E-state index contributed by atoms with van der Waals surface area (Å²) in [5.41, 5.74) is 3.42. The SMILES string of the molecule is C#CCOc1ccc(CNc2ccc(Br)cc2C)cc1OCC. The van der Waals surface area contributed by atoms with E-state index in [1.54, 1.807) is 0 Å². The van der Waals surface area contributed by atoms with Gasteiger partial charge in [0.2, 0.25) is 0 Å². The van der Waals surface area contributed by atoms with Gasteiger partial charge in [-0.05, 0) is 55.3 Å². The average molecular weight is 374 g/mol. The van der Waals surface area contributed by atoms with Crippen LogP contribution in [0.2, 0.25) is 0 Å². The average Bonchev–Trinajstić information content (AvgIpc) is 2.53. The zero-order valence-corrected chi connectivity index (χ0v) is 14.9. The van der Waals surface area contributed by atoms with Crippen LogP contribution in [-0.2, 0) is 6.54 Å². The molecule has 0 heterocycles. The Kier molecular flexibility index (Phi) is 6.37. The van der Waals surface area contributed by atoms with E-state index in [1.807, 2.05) is 31.2 Å². The van der Waals surface area contributed by atoms with Crippen LogP contribution in [0.5, 0.6) is 11.5 Å². The molecule has 0 radical (unpaired) electrons. The van der Waals surface area contributed by atoms with Gasteiger partial charge in [0.05, 0.1) is 6.61 Å². The fourth-order valence-corrected chi connectivity index (χ4v) is 2.67. The van der Waals surface area contributed by atoms with Crippen molar-refractivity contribution in [3.63, 3.8) is 0 Å². The molecule has 120 valence electrons. The third kappa shape index (κ3) is 4.94. The van der Waals surface area contributed by atoms with E-state index in [0.29, 0.717) is 18.9 Å². The Morgan fingerprint density at radius 3 is 2.65 bits per heavy atom. The van der Waals surface area contributed by atoms with Crippen molar-refractivity contribution in [3.05, 3.63) is 52.0 Å². The normalized spacial score (nSPS) is 10.0. The Morgan fingerprint density at radius 1 is 1.13 bits per heavy atom. The summed E-state index contributed by atoms with van der Waals surface area (Å²) >= 11 is 3.48. The highest BCUT2D eigenvalue weighted by Crippen LogP contribution is 2.29. The van der Waals surface area contributed by atoms with E-state index in [4.69, 9.17) is 15.9 Å². The lowest BCUT2D eigenvalue weighted by Crippen LogP contribution is -2.03. The maximum Gasteiger partial charge on any atom is 0.162 e. The molecule has 0 unspecified atom stereocenters. The van der Waals surface area contributed by atoms with E-state index >= 15 is 0 Å². The van der Waals surface area contributed by atoms with Gasteiger partial charge < -0.3 is 14.8 Å². The van der Waals surface area contributed by atoms with Crippen LogP contribution in [-0.4, -0.2) is 13.2 Å². The molecule has 1 N–H and O–H groups in total. The topological polar surface area (TPSA) is 30.5 Å². The van der Waals surface area contributed by atoms with E-state index in [-0.39, 0.29) is 6.61 Å². The van der Waals surface area contributed by atoms with Crippen LogP contribution in [0.25, 0.3) is 0 Å². The van der Waals surface area contributed by atoms with Gasteiger partial charge in [-0.25, -0.2) is 0 Å². The molecule has 0 bridgehead atoms. The lowest BCUT2D eigenvalue weighted by atomic mass is 10.1. The summed E-state index contributed by atoms with van der Waals surface area (Å²) in [5, 5.41) is 3.44. The van der Waals surface area contributed by atoms with Gasteiger partial charge in [0.15, 0.2) is 11.5 Å². The maximum absolute atomic E-state index is 5.64. The number of hydrogen-bond acceptors (Lipinski definition) is 3. The van der Waals surface area contributed by atoms with Gasteiger partial charge in [-0.15, -0.1) is 6.42 Å². The van der Waals surface area contributed by atoms with Gasteiger partial charge in [-0.3, -0.25) is 0 Å². The highest BCUT2D eigenvalue weighted by molar-refractivity contribution is 9.10. The molecule has 0 saturated heterocycles. The predicted molar refractivity (Wildman–Crippen MR) is 98.1 cm³/mol. The Morgan fingerprint density at radius 2 is 1.96 bits per heavy atom. The van der Waals surface area contributed by atoms with Crippen molar-refractivity contribution >= 4 is 21.6 Å². The Labute approximate surface area is 146 Å². The third-order valence-corrected chi connectivity index (χ3v) is 3.78. The summed E-state index contributed by atoms with van der Waals surface area (Å²) in [6, 6.07) is 12.1. The smallest absolute Gasteiger partial charge is 0.162 e. The van der Waals surface area contributed by atoms with Crippen molar-refractivity contribution in [2.75, 3.05) is 18.5 Å². The molecule has 0 aromatic heterocycles. The van der Waals surface area contributed by atoms with Crippen molar-refractivity contribution in [3.8, 4) is 23.8 Å². The van der Waals surface area contributed by atoms with Crippen LogP contribution in [0.15, 0.2) is 40.9 Å². The zero-order chi connectivity index (χ0) is 16.7. The number of benzene rings is 2. The fourth-order valence-electron chi connectivity index (χ4n) is 2.19. The molecule has 0 aliphatic heterocycles. The first-order valence-electron chi connectivity index (χ1n) is 7.46. The van der Waals surface area contributed by atoms with E-state index in [9.17, 15) is 0 Å². The first kappa shape index (κ1) is 17.2. The molecule has 4 heteroatoms. The minimum absolute atomic E-state index is 0.232. The van der Waals surface area contributed by atoms with Crippen molar-refractivity contribution in [1.29, 1.82) is 0 Å². The largest absolute Gasteiger partial charge is 0.490 e. The number of anilines is 1.